The molecule has 0 aliphatic rings. The lowest BCUT2D eigenvalue weighted by molar-refractivity contribution is -0.713. The standard InChI is InChI=1S/C19H23ClN2O2/c1-4-18(14-5-11-17(24-3)12-6-14)21-13(2)19(23)22-16-9-7-15(20)8-10-16/h5-13,18,21H,4H2,1-3H3,(H,22,23)/p+1/t13-,18-/m1/s1. The minimum atomic E-state index is -0.201. The fourth-order valence-corrected chi connectivity index (χ4v) is 2.69. The molecule has 24 heavy (non-hydrogen) atoms. The lowest BCUT2D eigenvalue weighted by Gasteiger charge is -2.19. The van der Waals surface area contributed by atoms with Crippen molar-refractivity contribution >= 4 is 23.2 Å². The molecule has 128 valence electrons. The van der Waals surface area contributed by atoms with E-state index in [1.54, 1.807) is 31.4 Å². The molecular formula is C19H24ClN2O2+. The molecule has 0 bridgehead atoms. The van der Waals surface area contributed by atoms with Gasteiger partial charge in [0, 0.05) is 22.7 Å². The number of nitrogens with two attached hydrogens (primary N) is 1. The first-order chi connectivity index (χ1) is 11.5. The molecule has 0 saturated carbocycles. The molecule has 2 rings (SSSR count). The van der Waals surface area contributed by atoms with E-state index in [-0.39, 0.29) is 18.0 Å². The number of amides is 1. The van der Waals surface area contributed by atoms with Gasteiger partial charge in [0.25, 0.3) is 5.91 Å². The molecule has 0 aliphatic heterocycles. The van der Waals surface area contributed by atoms with E-state index in [1.807, 2.05) is 31.2 Å². The second-order valence-electron chi connectivity index (χ2n) is 5.77. The molecule has 0 fully saturated rings. The molecule has 0 saturated heterocycles. The van der Waals surface area contributed by atoms with Gasteiger partial charge in [0.1, 0.15) is 11.8 Å². The van der Waals surface area contributed by atoms with Gasteiger partial charge in [-0.15, -0.1) is 0 Å². The second kappa shape index (κ2) is 8.71. The number of quaternary nitrogens is 1. The van der Waals surface area contributed by atoms with Crippen LogP contribution in [0, 0.1) is 0 Å². The molecule has 2 aromatic rings. The fraction of sp³-hybridized carbons (Fsp3) is 0.316. The van der Waals surface area contributed by atoms with Gasteiger partial charge < -0.3 is 15.4 Å². The fourth-order valence-electron chi connectivity index (χ4n) is 2.56. The van der Waals surface area contributed by atoms with E-state index in [0.717, 1.165) is 17.9 Å². The number of ether oxygens (including phenoxy) is 1. The minimum Gasteiger partial charge on any atom is -0.497 e. The summed E-state index contributed by atoms with van der Waals surface area (Å²) in [6, 6.07) is 15.1. The van der Waals surface area contributed by atoms with E-state index < -0.39 is 0 Å². The molecule has 0 spiro atoms. The van der Waals surface area contributed by atoms with Crippen LogP contribution in [-0.2, 0) is 4.79 Å². The summed E-state index contributed by atoms with van der Waals surface area (Å²) >= 11 is 5.86. The quantitative estimate of drug-likeness (QED) is 0.806. The summed E-state index contributed by atoms with van der Waals surface area (Å²) < 4.78 is 5.19. The maximum atomic E-state index is 12.4. The van der Waals surface area contributed by atoms with Gasteiger partial charge >= 0.3 is 0 Å². The molecular weight excluding hydrogens is 324 g/mol. The number of hydrogen-bond donors (Lipinski definition) is 2. The second-order valence-corrected chi connectivity index (χ2v) is 6.20. The lowest BCUT2D eigenvalue weighted by atomic mass is 10.0. The lowest BCUT2D eigenvalue weighted by Crippen LogP contribution is -2.92. The highest BCUT2D eigenvalue weighted by atomic mass is 35.5. The first-order valence-corrected chi connectivity index (χ1v) is 8.46. The third kappa shape index (κ3) is 4.98. The van der Waals surface area contributed by atoms with Crippen LogP contribution in [-0.4, -0.2) is 19.1 Å². The van der Waals surface area contributed by atoms with Crippen LogP contribution in [0.2, 0.25) is 5.02 Å². The van der Waals surface area contributed by atoms with Gasteiger partial charge in [0.15, 0.2) is 6.04 Å². The van der Waals surface area contributed by atoms with E-state index in [2.05, 4.69) is 17.6 Å². The van der Waals surface area contributed by atoms with Crippen molar-refractivity contribution in [1.82, 2.24) is 0 Å². The zero-order valence-corrected chi connectivity index (χ0v) is 15.0. The normalized spacial score (nSPS) is 13.2. The maximum absolute atomic E-state index is 12.4. The average molecular weight is 348 g/mol. The Bertz CT molecular complexity index is 656. The number of carbonyl (C=O) groups is 1. The topological polar surface area (TPSA) is 54.9 Å². The molecule has 1 amide bonds. The SMILES string of the molecule is CC[C@@H]([NH2+][C@H](C)C(=O)Nc1ccc(Cl)cc1)c1ccc(OC)cc1. The Morgan fingerprint density at radius 1 is 1.17 bits per heavy atom. The van der Waals surface area contributed by atoms with Crippen molar-refractivity contribution in [2.24, 2.45) is 0 Å². The first-order valence-electron chi connectivity index (χ1n) is 8.08. The average Bonchev–Trinajstić information content (AvgIpc) is 2.61. The largest absolute Gasteiger partial charge is 0.497 e. The summed E-state index contributed by atoms with van der Waals surface area (Å²) in [5.74, 6) is 0.811. The Kier molecular flexibility index (Phi) is 6.64. The molecule has 0 unspecified atom stereocenters. The number of anilines is 1. The summed E-state index contributed by atoms with van der Waals surface area (Å²) in [4.78, 5) is 12.4. The number of rotatable bonds is 7. The third-order valence-electron chi connectivity index (χ3n) is 4.03. The number of methoxy groups -OCH3 is 1. The third-order valence-corrected chi connectivity index (χ3v) is 4.28. The molecule has 3 N–H and O–H groups in total. The number of benzene rings is 2. The monoisotopic (exact) mass is 347 g/mol. The van der Waals surface area contributed by atoms with E-state index in [4.69, 9.17) is 16.3 Å². The number of carbonyl (C=O) groups excluding carboxylic acids is 1. The predicted molar refractivity (Wildman–Crippen MR) is 97.5 cm³/mol. The van der Waals surface area contributed by atoms with E-state index >= 15 is 0 Å². The Morgan fingerprint density at radius 2 is 1.79 bits per heavy atom. The number of nitrogens with one attached hydrogen (secondary N) is 1. The minimum absolute atomic E-state index is 0.0238. The van der Waals surface area contributed by atoms with Crippen LogP contribution in [0.1, 0.15) is 31.9 Å². The summed E-state index contributed by atoms with van der Waals surface area (Å²) in [5, 5.41) is 5.66. The molecule has 5 heteroatoms. The zero-order valence-electron chi connectivity index (χ0n) is 14.3. The molecule has 4 nitrogen and oxygen atoms in total. The molecule has 0 aliphatic carbocycles. The number of halogens is 1. The predicted octanol–water partition coefficient (Wildman–Crippen LogP) is 3.39. The van der Waals surface area contributed by atoms with Crippen molar-refractivity contribution < 1.29 is 14.8 Å². The summed E-state index contributed by atoms with van der Waals surface area (Å²) in [5.41, 5.74) is 1.94. The van der Waals surface area contributed by atoms with Crippen LogP contribution in [0.15, 0.2) is 48.5 Å². The van der Waals surface area contributed by atoms with Crippen LogP contribution < -0.4 is 15.4 Å². The summed E-state index contributed by atoms with van der Waals surface area (Å²) in [6.45, 7) is 4.03. The first kappa shape index (κ1) is 18.3. The van der Waals surface area contributed by atoms with Gasteiger partial charge in [0.2, 0.25) is 0 Å². The van der Waals surface area contributed by atoms with E-state index in [0.29, 0.717) is 5.02 Å². The highest BCUT2D eigenvalue weighted by Crippen LogP contribution is 2.17. The molecule has 0 aromatic heterocycles. The van der Waals surface area contributed by atoms with Crippen molar-refractivity contribution in [3.63, 3.8) is 0 Å². The Hall–Kier alpha value is -2.04. The molecule has 2 aromatic carbocycles. The smallest absolute Gasteiger partial charge is 0.282 e. The summed E-state index contributed by atoms with van der Waals surface area (Å²) in [6.07, 6.45) is 0.935. The molecule has 2 atom stereocenters. The zero-order chi connectivity index (χ0) is 17.5. The van der Waals surface area contributed by atoms with Gasteiger partial charge in [-0.1, -0.05) is 18.5 Å². The van der Waals surface area contributed by atoms with Crippen LogP contribution in [0.25, 0.3) is 0 Å². The maximum Gasteiger partial charge on any atom is 0.282 e. The van der Waals surface area contributed by atoms with Crippen molar-refractivity contribution in [3.05, 3.63) is 59.1 Å². The highest BCUT2D eigenvalue weighted by Gasteiger charge is 2.22. The van der Waals surface area contributed by atoms with E-state index in [1.165, 1.54) is 5.56 Å². The van der Waals surface area contributed by atoms with Crippen LogP contribution in [0.5, 0.6) is 5.75 Å². The van der Waals surface area contributed by atoms with Crippen LogP contribution in [0.3, 0.4) is 0 Å². The van der Waals surface area contributed by atoms with Gasteiger partial charge in [-0.05, 0) is 55.5 Å². The Balaban J connectivity index is 1.98. The number of hydrogen-bond acceptors (Lipinski definition) is 2. The Labute approximate surface area is 148 Å². The van der Waals surface area contributed by atoms with Gasteiger partial charge in [-0.25, -0.2) is 0 Å². The highest BCUT2D eigenvalue weighted by molar-refractivity contribution is 6.30. The van der Waals surface area contributed by atoms with E-state index in [9.17, 15) is 4.79 Å². The van der Waals surface area contributed by atoms with Crippen LogP contribution in [0.4, 0.5) is 5.69 Å². The molecule has 0 heterocycles. The van der Waals surface area contributed by atoms with Crippen LogP contribution >= 0.6 is 11.6 Å². The van der Waals surface area contributed by atoms with Crippen molar-refractivity contribution in [1.29, 1.82) is 0 Å². The van der Waals surface area contributed by atoms with Crippen molar-refractivity contribution in [2.45, 2.75) is 32.4 Å². The van der Waals surface area contributed by atoms with Crippen molar-refractivity contribution in [3.8, 4) is 5.75 Å². The van der Waals surface area contributed by atoms with Gasteiger partial charge in [-0.3, -0.25) is 4.79 Å². The summed E-state index contributed by atoms with van der Waals surface area (Å²) in [7, 11) is 1.65. The van der Waals surface area contributed by atoms with Crippen molar-refractivity contribution in [2.75, 3.05) is 12.4 Å². The Morgan fingerprint density at radius 3 is 2.33 bits per heavy atom. The van der Waals surface area contributed by atoms with Gasteiger partial charge in [-0.2, -0.15) is 0 Å². The van der Waals surface area contributed by atoms with Gasteiger partial charge in [0.05, 0.1) is 7.11 Å². The molecule has 0 radical (unpaired) electrons.